The van der Waals surface area contributed by atoms with E-state index in [9.17, 15) is 9.90 Å². The minimum absolute atomic E-state index is 0.342. The Morgan fingerprint density at radius 1 is 1.29 bits per heavy atom. The van der Waals surface area contributed by atoms with Gasteiger partial charge < -0.3 is 10.4 Å². The van der Waals surface area contributed by atoms with Crippen LogP contribution in [-0.2, 0) is 0 Å². The number of halogens is 1. The van der Waals surface area contributed by atoms with Crippen molar-refractivity contribution in [1.29, 1.82) is 0 Å². The van der Waals surface area contributed by atoms with E-state index in [1.807, 2.05) is 6.07 Å². The van der Waals surface area contributed by atoms with Gasteiger partial charge in [-0.3, -0.25) is 0 Å². The second-order valence-electron chi connectivity index (χ2n) is 7.91. The summed E-state index contributed by atoms with van der Waals surface area (Å²) in [5, 5.41) is 13.9. The Bertz CT molecular complexity index is 670. The van der Waals surface area contributed by atoms with Crippen molar-refractivity contribution >= 4 is 23.3 Å². The van der Waals surface area contributed by atoms with Crippen LogP contribution in [0.15, 0.2) is 12.1 Å². The first kappa shape index (κ1) is 16.3. The molecule has 2 bridgehead atoms. The lowest BCUT2D eigenvalue weighted by molar-refractivity contribution is 0.0697. The predicted molar refractivity (Wildman–Crippen MR) is 97.0 cm³/mol. The summed E-state index contributed by atoms with van der Waals surface area (Å²) in [6.45, 7) is 4.51. The van der Waals surface area contributed by atoms with E-state index in [0.717, 1.165) is 24.4 Å². The first-order chi connectivity index (χ1) is 11.5. The quantitative estimate of drug-likeness (QED) is 0.766. The van der Waals surface area contributed by atoms with Gasteiger partial charge in [0, 0.05) is 11.1 Å². The number of carboxylic acid groups (broad SMARTS) is 1. The number of carbonyl (C=O) groups is 1. The summed E-state index contributed by atoms with van der Waals surface area (Å²) in [7, 11) is 0. The number of rotatable bonds is 4. The third-order valence-corrected chi connectivity index (χ3v) is 7.20. The van der Waals surface area contributed by atoms with Gasteiger partial charge in [-0.05, 0) is 66.5 Å². The Balaban J connectivity index is 1.86. The molecule has 1 aliphatic heterocycles. The fourth-order valence-electron chi connectivity index (χ4n) is 6.03. The molecule has 3 nitrogen and oxygen atoms in total. The van der Waals surface area contributed by atoms with Crippen LogP contribution in [0, 0.1) is 23.7 Å². The molecule has 4 rings (SSSR count). The highest BCUT2D eigenvalue weighted by molar-refractivity contribution is 6.31. The Hall–Kier alpha value is -1.22. The Kier molecular flexibility index (Phi) is 4.03. The van der Waals surface area contributed by atoms with Crippen LogP contribution in [0.5, 0.6) is 0 Å². The monoisotopic (exact) mass is 347 g/mol. The van der Waals surface area contributed by atoms with Gasteiger partial charge in [0.1, 0.15) is 0 Å². The number of hydrogen-bond acceptors (Lipinski definition) is 2. The lowest BCUT2D eigenvalue weighted by Crippen LogP contribution is -2.45. The van der Waals surface area contributed by atoms with Crippen molar-refractivity contribution < 1.29 is 9.90 Å². The number of anilines is 1. The molecule has 5 atom stereocenters. The molecule has 2 fully saturated rings. The van der Waals surface area contributed by atoms with E-state index in [1.54, 1.807) is 6.07 Å². The highest BCUT2D eigenvalue weighted by Gasteiger charge is 2.54. The Labute approximate surface area is 148 Å². The number of aromatic carboxylic acids is 1. The number of hydrogen-bond donors (Lipinski definition) is 2. The zero-order valence-corrected chi connectivity index (χ0v) is 15.1. The van der Waals surface area contributed by atoms with E-state index in [-0.39, 0.29) is 0 Å². The Morgan fingerprint density at radius 2 is 2.00 bits per heavy atom. The molecule has 1 aromatic rings. The molecule has 130 valence electrons. The number of fused-ring (bicyclic) bond motifs is 7. The molecule has 0 saturated heterocycles. The molecule has 2 N–H and O–H groups in total. The fraction of sp³-hybridized carbons (Fsp3) is 0.650. The van der Waals surface area contributed by atoms with E-state index >= 15 is 0 Å². The fourth-order valence-corrected chi connectivity index (χ4v) is 6.25. The van der Waals surface area contributed by atoms with Gasteiger partial charge >= 0.3 is 5.97 Å². The van der Waals surface area contributed by atoms with Crippen LogP contribution in [0.25, 0.3) is 0 Å². The van der Waals surface area contributed by atoms with Crippen molar-refractivity contribution in [2.45, 2.75) is 57.9 Å². The highest BCUT2D eigenvalue weighted by atomic mass is 35.5. The largest absolute Gasteiger partial charge is 0.478 e. The van der Waals surface area contributed by atoms with Gasteiger partial charge in [0.15, 0.2) is 0 Å². The minimum Gasteiger partial charge on any atom is -0.478 e. The number of benzene rings is 1. The maximum Gasteiger partial charge on any atom is 0.337 e. The van der Waals surface area contributed by atoms with Gasteiger partial charge in [0.05, 0.1) is 11.3 Å². The summed E-state index contributed by atoms with van der Waals surface area (Å²) in [5.41, 5.74) is 2.35. The molecule has 1 aromatic carbocycles. The molecule has 3 aliphatic rings. The topological polar surface area (TPSA) is 49.3 Å². The second kappa shape index (κ2) is 5.94. The Morgan fingerprint density at radius 3 is 2.67 bits per heavy atom. The van der Waals surface area contributed by atoms with Crippen molar-refractivity contribution in [3.63, 3.8) is 0 Å². The number of nitrogens with one attached hydrogen (secondary N) is 1. The molecular weight excluding hydrogens is 322 g/mol. The zero-order chi connectivity index (χ0) is 17.0. The van der Waals surface area contributed by atoms with Crippen molar-refractivity contribution in [3.8, 4) is 0 Å². The molecule has 1 heterocycles. The molecule has 0 unspecified atom stereocenters. The molecule has 0 radical (unpaired) electrons. The van der Waals surface area contributed by atoms with Gasteiger partial charge in [-0.15, -0.1) is 0 Å². The van der Waals surface area contributed by atoms with Crippen LogP contribution < -0.4 is 5.32 Å². The molecule has 2 saturated carbocycles. The molecule has 4 heteroatoms. The van der Waals surface area contributed by atoms with E-state index in [1.165, 1.54) is 24.8 Å². The summed E-state index contributed by atoms with van der Waals surface area (Å²) < 4.78 is 0. The lowest BCUT2D eigenvalue weighted by atomic mass is 9.65. The first-order valence-corrected chi connectivity index (χ1v) is 9.76. The smallest absolute Gasteiger partial charge is 0.337 e. The highest BCUT2D eigenvalue weighted by Crippen LogP contribution is 2.62. The van der Waals surface area contributed by atoms with Crippen molar-refractivity contribution in [2.75, 3.05) is 5.32 Å². The normalized spacial score (nSPS) is 33.2. The van der Waals surface area contributed by atoms with Gasteiger partial charge in [-0.25, -0.2) is 4.79 Å². The van der Waals surface area contributed by atoms with Crippen LogP contribution in [0.3, 0.4) is 0 Å². The molecular formula is C20H26ClNO2. The van der Waals surface area contributed by atoms with Crippen LogP contribution >= 0.6 is 11.6 Å². The second-order valence-corrected chi connectivity index (χ2v) is 8.34. The minimum atomic E-state index is -0.883. The third kappa shape index (κ3) is 2.28. The van der Waals surface area contributed by atoms with Gasteiger partial charge in [-0.1, -0.05) is 38.3 Å². The summed E-state index contributed by atoms with van der Waals surface area (Å²) in [6.07, 6.45) is 6.21. The number of carboxylic acids is 1. The van der Waals surface area contributed by atoms with E-state index in [0.29, 0.717) is 40.3 Å². The first-order valence-electron chi connectivity index (χ1n) is 9.38. The zero-order valence-electron chi connectivity index (χ0n) is 14.4. The van der Waals surface area contributed by atoms with Gasteiger partial charge in [0.2, 0.25) is 0 Å². The summed E-state index contributed by atoms with van der Waals surface area (Å²) in [6, 6.07) is 4.03. The average Bonchev–Trinajstić information content (AvgIpc) is 3.17. The third-order valence-electron chi connectivity index (χ3n) is 6.99. The molecule has 0 aromatic heterocycles. The van der Waals surface area contributed by atoms with Crippen molar-refractivity contribution in [3.05, 3.63) is 28.3 Å². The summed E-state index contributed by atoms with van der Waals surface area (Å²) >= 11 is 6.28. The summed E-state index contributed by atoms with van der Waals surface area (Å²) in [5.74, 6) is 2.34. The van der Waals surface area contributed by atoms with Gasteiger partial charge in [0.25, 0.3) is 0 Å². The lowest BCUT2D eigenvalue weighted by Gasteiger charge is -2.46. The van der Waals surface area contributed by atoms with E-state index in [4.69, 9.17) is 11.6 Å². The molecule has 0 amide bonds. The molecule has 2 aliphatic carbocycles. The maximum atomic E-state index is 11.8. The van der Waals surface area contributed by atoms with Crippen LogP contribution in [0.2, 0.25) is 5.02 Å². The van der Waals surface area contributed by atoms with E-state index in [2.05, 4.69) is 19.2 Å². The maximum absolute atomic E-state index is 11.8. The van der Waals surface area contributed by atoms with Gasteiger partial charge in [-0.2, -0.15) is 0 Å². The molecule has 0 spiro atoms. The SMILES string of the molecule is CCC(CC)[C@@H]1Nc2c(C(=O)O)cc(Cl)cc2[C@H]2[C@H]3CC[C@H](C3)[C@@H]21. The standard InChI is InChI=1S/C20H26ClNO2/c1-3-10(4-2)18-17-12-6-5-11(7-12)16(17)14-8-13(21)9-15(20(23)24)19(14)22-18/h8-12,16-18,22H,3-7H2,1-2H3,(H,23,24)/t11-,12+,16+,17-,18-/m0/s1. The van der Waals surface area contributed by atoms with E-state index < -0.39 is 5.97 Å². The van der Waals surface area contributed by atoms with Crippen LogP contribution in [-0.4, -0.2) is 17.1 Å². The van der Waals surface area contributed by atoms with Crippen molar-refractivity contribution in [2.24, 2.45) is 23.7 Å². The average molecular weight is 348 g/mol. The van der Waals surface area contributed by atoms with Crippen molar-refractivity contribution in [1.82, 2.24) is 0 Å². The van der Waals surface area contributed by atoms with Crippen LogP contribution in [0.1, 0.15) is 67.8 Å². The predicted octanol–water partition coefficient (Wildman–Crippen LogP) is 5.40. The van der Waals surface area contributed by atoms with Crippen LogP contribution in [0.4, 0.5) is 5.69 Å². The summed E-state index contributed by atoms with van der Waals surface area (Å²) in [4.78, 5) is 11.8. The molecule has 24 heavy (non-hydrogen) atoms.